The van der Waals surface area contributed by atoms with E-state index in [2.05, 4.69) is 19.6 Å². The molecule has 0 radical (unpaired) electrons. The first kappa shape index (κ1) is 27.7. The molecule has 2 aromatic carbocycles. The maximum absolute atomic E-state index is 13.9. The Hall–Kier alpha value is -3.89. The molecule has 3 aromatic rings. The Morgan fingerprint density at radius 3 is 2.50 bits per heavy atom. The van der Waals surface area contributed by atoms with Crippen molar-refractivity contribution >= 4 is 44.5 Å². The number of hydrogen-bond acceptors (Lipinski definition) is 8. The summed E-state index contributed by atoms with van der Waals surface area (Å²) >= 11 is 0. The summed E-state index contributed by atoms with van der Waals surface area (Å²) in [6.07, 6.45) is 7.60. The predicted octanol–water partition coefficient (Wildman–Crippen LogP) is 4.05. The van der Waals surface area contributed by atoms with Gasteiger partial charge in [-0.05, 0) is 60.9 Å². The van der Waals surface area contributed by atoms with Gasteiger partial charge in [-0.1, -0.05) is 30.3 Å². The van der Waals surface area contributed by atoms with Gasteiger partial charge in [-0.15, -0.1) is 0 Å². The van der Waals surface area contributed by atoms with Crippen LogP contribution in [0.2, 0.25) is 0 Å². The number of aliphatic imine (C=N–C) groups is 1. The molecule has 1 saturated heterocycles. The van der Waals surface area contributed by atoms with Crippen LogP contribution in [0.3, 0.4) is 0 Å². The number of esters is 1. The maximum atomic E-state index is 13.9. The van der Waals surface area contributed by atoms with E-state index in [1.165, 1.54) is 12.3 Å². The number of ketones is 1. The van der Waals surface area contributed by atoms with Crippen LogP contribution in [0.4, 0.5) is 5.69 Å². The molecule has 0 bridgehead atoms. The molecule has 0 amide bonds. The SMILES string of the molecule is CCOC(=O)CCC1(NS(=O)(=O)c2ccc3ccccc3c2)N=CC=C1C(=O)C1CCN(c2ccncc2)CC1. The molecule has 1 aromatic heterocycles. The summed E-state index contributed by atoms with van der Waals surface area (Å²) in [5.74, 6) is -0.929. The average Bonchev–Trinajstić information content (AvgIpc) is 3.39. The molecule has 9 nitrogen and oxygen atoms in total. The second-order valence-corrected chi connectivity index (χ2v) is 11.7. The van der Waals surface area contributed by atoms with Crippen molar-refractivity contribution in [3.05, 3.63) is 78.6 Å². The Kier molecular flexibility index (Phi) is 8.09. The van der Waals surface area contributed by atoms with Crippen LogP contribution in [0.15, 0.2) is 88.5 Å². The summed E-state index contributed by atoms with van der Waals surface area (Å²) in [7, 11) is -4.12. The number of nitrogens with zero attached hydrogens (tertiary/aromatic N) is 3. The molecule has 1 fully saturated rings. The molecule has 2 aliphatic heterocycles. The first-order valence-electron chi connectivity index (χ1n) is 13.4. The highest BCUT2D eigenvalue weighted by atomic mass is 32.2. The Morgan fingerprint density at radius 1 is 1.05 bits per heavy atom. The summed E-state index contributed by atoms with van der Waals surface area (Å²) in [6, 6.07) is 16.2. The zero-order valence-corrected chi connectivity index (χ0v) is 23.1. The number of piperidine rings is 1. The molecule has 0 spiro atoms. The highest BCUT2D eigenvalue weighted by molar-refractivity contribution is 7.89. The number of nitrogens with one attached hydrogen (secondary N) is 1. The quantitative estimate of drug-likeness (QED) is 0.372. The van der Waals surface area contributed by atoms with E-state index in [9.17, 15) is 18.0 Å². The number of fused-ring (bicyclic) bond motifs is 1. The number of sulfonamides is 1. The molecular formula is C30H32N4O5S. The molecule has 5 rings (SSSR count). The fourth-order valence-corrected chi connectivity index (χ4v) is 6.73. The number of allylic oxidation sites excluding steroid dienone is 1. The van der Waals surface area contributed by atoms with Crippen molar-refractivity contribution in [1.29, 1.82) is 0 Å². The van der Waals surface area contributed by atoms with Crippen LogP contribution in [0.1, 0.15) is 32.6 Å². The number of hydrogen-bond donors (Lipinski definition) is 1. The lowest BCUT2D eigenvalue weighted by Crippen LogP contribution is -2.50. The molecule has 0 aliphatic carbocycles. The van der Waals surface area contributed by atoms with Crippen LogP contribution in [0.5, 0.6) is 0 Å². The molecule has 1 atom stereocenters. The molecule has 208 valence electrons. The van der Waals surface area contributed by atoms with Gasteiger partial charge in [0.2, 0.25) is 10.0 Å². The van der Waals surface area contributed by atoms with Crippen molar-refractivity contribution < 1.29 is 22.7 Å². The zero-order valence-electron chi connectivity index (χ0n) is 22.3. The number of aromatic nitrogens is 1. The molecule has 40 heavy (non-hydrogen) atoms. The van der Waals surface area contributed by atoms with Gasteiger partial charge in [0, 0.05) is 61.7 Å². The van der Waals surface area contributed by atoms with Crippen molar-refractivity contribution in [1.82, 2.24) is 9.71 Å². The smallest absolute Gasteiger partial charge is 0.305 e. The third kappa shape index (κ3) is 5.83. The van der Waals surface area contributed by atoms with Gasteiger partial charge in [-0.25, -0.2) is 8.42 Å². The Labute approximate surface area is 234 Å². The van der Waals surface area contributed by atoms with Crippen molar-refractivity contribution in [2.75, 3.05) is 24.6 Å². The van der Waals surface area contributed by atoms with Gasteiger partial charge in [0.1, 0.15) is 0 Å². The standard InChI is InChI=1S/C30H32N4O5S/c1-2-39-28(35)9-15-30(33-40(37,38)26-8-7-22-5-3-4-6-24(22)21-26)27(12-18-32-30)29(36)23-13-19-34(20-14-23)25-10-16-31-17-11-25/h3-8,10-12,16-18,21,23,33H,2,9,13-15,19-20H2,1H3. The van der Waals surface area contributed by atoms with E-state index >= 15 is 0 Å². The van der Waals surface area contributed by atoms with Crippen molar-refractivity contribution in [2.24, 2.45) is 10.9 Å². The number of anilines is 1. The number of ether oxygens (including phenoxy) is 1. The fraction of sp³-hybridized carbons (Fsp3) is 0.333. The Balaban J connectivity index is 1.39. The largest absolute Gasteiger partial charge is 0.466 e. The molecule has 2 aliphatic rings. The first-order chi connectivity index (χ1) is 19.3. The second kappa shape index (κ2) is 11.7. The molecule has 10 heteroatoms. The van der Waals surface area contributed by atoms with Gasteiger partial charge in [-0.3, -0.25) is 19.6 Å². The molecular weight excluding hydrogens is 528 g/mol. The van der Waals surface area contributed by atoms with Crippen molar-refractivity contribution in [3.63, 3.8) is 0 Å². The first-order valence-corrected chi connectivity index (χ1v) is 14.9. The van der Waals surface area contributed by atoms with E-state index in [-0.39, 0.29) is 41.6 Å². The summed E-state index contributed by atoms with van der Waals surface area (Å²) in [5, 5.41) is 1.68. The summed E-state index contributed by atoms with van der Waals surface area (Å²) < 4.78 is 35.2. The number of pyridine rings is 1. The van der Waals surface area contributed by atoms with Gasteiger partial charge >= 0.3 is 5.97 Å². The van der Waals surface area contributed by atoms with E-state index in [1.807, 2.05) is 36.4 Å². The lowest BCUT2D eigenvalue weighted by molar-refractivity contribution is -0.143. The van der Waals surface area contributed by atoms with Crippen molar-refractivity contribution in [3.8, 4) is 0 Å². The molecule has 1 unspecified atom stereocenters. The van der Waals surface area contributed by atoms with Gasteiger partial charge in [0.15, 0.2) is 11.4 Å². The summed E-state index contributed by atoms with van der Waals surface area (Å²) in [6.45, 7) is 3.28. The summed E-state index contributed by atoms with van der Waals surface area (Å²) in [4.78, 5) is 37.0. The predicted molar refractivity (Wildman–Crippen MR) is 154 cm³/mol. The maximum Gasteiger partial charge on any atom is 0.305 e. The molecule has 3 heterocycles. The van der Waals surface area contributed by atoms with E-state index in [1.54, 1.807) is 37.5 Å². The van der Waals surface area contributed by atoms with E-state index in [4.69, 9.17) is 4.74 Å². The van der Waals surface area contributed by atoms with Gasteiger partial charge < -0.3 is 9.64 Å². The van der Waals surface area contributed by atoms with E-state index in [0.717, 1.165) is 16.5 Å². The number of carbonyl (C=O) groups excluding carboxylic acids is 2. The van der Waals surface area contributed by atoms with Gasteiger partial charge in [0.05, 0.1) is 11.5 Å². The molecule has 1 N–H and O–H groups in total. The van der Waals surface area contributed by atoms with Crippen LogP contribution in [-0.2, 0) is 24.3 Å². The second-order valence-electron chi connectivity index (χ2n) is 9.97. The van der Waals surface area contributed by atoms with Crippen LogP contribution in [0, 0.1) is 5.92 Å². The minimum absolute atomic E-state index is 0.0391. The highest BCUT2D eigenvalue weighted by Crippen LogP contribution is 2.35. The fourth-order valence-electron chi connectivity index (χ4n) is 5.37. The lowest BCUT2D eigenvalue weighted by Gasteiger charge is -2.35. The Morgan fingerprint density at radius 2 is 1.77 bits per heavy atom. The number of benzene rings is 2. The van der Waals surface area contributed by atoms with Gasteiger partial charge in [0.25, 0.3) is 0 Å². The normalized spacial score (nSPS) is 19.5. The molecule has 0 saturated carbocycles. The van der Waals surface area contributed by atoms with Gasteiger partial charge in [-0.2, -0.15) is 4.72 Å². The van der Waals surface area contributed by atoms with E-state index < -0.39 is 21.7 Å². The van der Waals surface area contributed by atoms with Crippen LogP contribution >= 0.6 is 0 Å². The van der Waals surface area contributed by atoms with Crippen LogP contribution < -0.4 is 9.62 Å². The topological polar surface area (TPSA) is 118 Å². The highest BCUT2D eigenvalue weighted by Gasteiger charge is 2.45. The lowest BCUT2D eigenvalue weighted by atomic mass is 9.83. The third-order valence-electron chi connectivity index (χ3n) is 7.47. The van der Waals surface area contributed by atoms with Crippen LogP contribution in [0.25, 0.3) is 10.8 Å². The average molecular weight is 561 g/mol. The van der Waals surface area contributed by atoms with Crippen molar-refractivity contribution in [2.45, 2.75) is 43.2 Å². The minimum Gasteiger partial charge on any atom is -0.466 e. The zero-order chi connectivity index (χ0) is 28.2. The van der Waals surface area contributed by atoms with Crippen LogP contribution in [-0.4, -0.2) is 56.7 Å². The number of carbonyl (C=O) groups is 2. The summed E-state index contributed by atoms with van der Waals surface area (Å²) in [5.41, 5.74) is -0.295. The monoisotopic (exact) mass is 560 g/mol. The number of rotatable bonds is 10. The third-order valence-corrected chi connectivity index (χ3v) is 8.95. The van der Waals surface area contributed by atoms with E-state index in [0.29, 0.717) is 25.9 Å². The number of Topliss-reactive ketones (excluding diaryl/α,β-unsaturated/α-hetero) is 1. The minimum atomic E-state index is -4.12. The Bertz CT molecular complexity index is 1560.